The lowest BCUT2D eigenvalue weighted by atomic mass is 9.96. The molecule has 0 saturated heterocycles. The number of hydrogen-bond acceptors (Lipinski definition) is 5. The minimum atomic E-state index is -0.0917. The first-order valence-corrected chi connectivity index (χ1v) is 7.10. The van der Waals surface area contributed by atoms with E-state index in [-0.39, 0.29) is 5.41 Å². The van der Waals surface area contributed by atoms with E-state index < -0.39 is 0 Å². The molecule has 2 aromatic heterocycles. The van der Waals surface area contributed by atoms with Crippen LogP contribution >= 0.6 is 27.7 Å². The highest BCUT2D eigenvalue weighted by atomic mass is 79.9. The third-order valence-electron chi connectivity index (χ3n) is 2.13. The maximum atomic E-state index is 5.31. The Morgan fingerprint density at radius 3 is 2.50 bits per heavy atom. The third kappa shape index (κ3) is 3.32. The van der Waals surface area contributed by atoms with Gasteiger partial charge in [0.1, 0.15) is 21.7 Å². The van der Waals surface area contributed by atoms with Crippen molar-refractivity contribution in [1.29, 1.82) is 0 Å². The van der Waals surface area contributed by atoms with Crippen molar-refractivity contribution in [3.63, 3.8) is 0 Å². The van der Waals surface area contributed by atoms with E-state index in [2.05, 4.69) is 51.7 Å². The van der Waals surface area contributed by atoms with E-state index in [1.807, 2.05) is 13.0 Å². The Kier molecular flexibility index (Phi) is 3.77. The van der Waals surface area contributed by atoms with Gasteiger partial charge in [-0.2, -0.15) is 0 Å². The van der Waals surface area contributed by atoms with Gasteiger partial charge in [-0.1, -0.05) is 20.8 Å². The van der Waals surface area contributed by atoms with Crippen LogP contribution in [0.25, 0.3) is 0 Å². The summed E-state index contributed by atoms with van der Waals surface area (Å²) in [5, 5.41) is 1.42. The fourth-order valence-corrected chi connectivity index (χ4v) is 2.56. The number of rotatable bonds is 2. The molecule has 0 radical (unpaired) electrons. The van der Waals surface area contributed by atoms with Crippen molar-refractivity contribution in [2.75, 3.05) is 0 Å². The summed E-state index contributed by atoms with van der Waals surface area (Å²) < 4.78 is 6.08. The smallest absolute Gasteiger partial charge is 0.262 e. The number of aryl methyl sites for hydroxylation is 1. The lowest BCUT2D eigenvalue weighted by Gasteiger charge is -2.16. The van der Waals surface area contributed by atoms with Crippen LogP contribution in [-0.2, 0) is 5.41 Å². The minimum absolute atomic E-state index is 0.0917. The zero-order chi connectivity index (χ0) is 13.3. The van der Waals surface area contributed by atoms with Crippen molar-refractivity contribution in [1.82, 2.24) is 15.0 Å². The first kappa shape index (κ1) is 13.5. The molecular formula is C12H14BrN3OS. The van der Waals surface area contributed by atoms with Crippen molar-refractivity contribution in [2.45, 2.75) is 43.4 Å². The number of nitrogens with zero attached hydrogens (tertiary/aromatic N) is 3. The average molecular weight is 328 g/mol. The van der Waals surface area contributed by atoms with Crippen LogP contribution in [-0.4, -0.2) is 15.0 Å². The molecule has 0 bridgehead atoms. The van der Waals surface area contributed by atoms with E-state index in [1.54, 1.807) is 6.26 Å². The fraction of sp³-hybridized carbons (Fsp3) is 0.417. The largest absolute Gasteiger partial charge is 0.439 e. The highest BCUT2D eigenvalue weighted by molar-refractivity contribution is 9.10. The zero-order valence-electron chi connectivity index (χ0n) is 10.7. The van der Waals surface area contributed by atoms with Gasteiger partial charge in [0.2, 0.25) is 0 Å². The molecule has 2 rings (SSSR count). The van der Waals surface area contributed by atoms with Crippen molar-refractivity contribution >= 4 is 27.7 Å². The summed E-state index contributed by atoms with van der Waals surface area (Å²) in [7, 11) is 0. The van der Waals surface area contributed by atoms with Crippen LogP contribution in [0.4, 0.5) is 0 Å². The summed E-state index contributed by atoms with van der Waals surface area (Å²) in [6.07, 6.45) is 1.63. The Morgan fingerprint density at radius 1 is 1.22 bits per heavy atom. The molecular weight excluding hydrogens is 314 g/mol. The predicted molar refractivity (Wildman–Crippen MR) is 73.8 cm³/mol. The number of halogens is 1. The zero-order valence-corrected chi connectivity index (χ0v) is 13.1. The predicted octanol–water partition coefficient (Wildman–Crippen LogP) is 3.98. The molecule has 0 aromatic carbocycles. The summed E-state index contributed by atoms with van der Waals surface area (Å²) in [5.74, 6) is 0.794. The topological polar surface area (TPSA) is 51.8 Å². The standard InChI is InChI=1S/C12H14BrN3OS/c1-7-6-17-11(14-7)18-9-5-8(13)15-10(16-9)12(2,3)4/h5-6H,1-4H3. The van der Waals surface area contributed by atoms with E-state index in [0.29, 0.717) is 5.22 Å². The Hall–Kier alpha value is -0.880. The van der Waals surface area contributed by atoms with E-state index in [4.69, 9.17) is 4.42 Å². The van der Waals surface area contributed by atoms with Crippen LogP contribution in [0.15, 0.2) is 31.6 Å². The summed E-state index contributed by atoms with van der Waals surface area (Å²) in [6, 6.07) is 1.86. The molecule has 0 saturated carbocycles. The van der Waals surface area contributed by atoms with Gasteiger partial charge in [-0.3, -0.25) is 0 Å². The molecule has 0 amide bonds. The van der Waals surface area contributed by atoms with Gasteiger partial charge in [-0.15, -0.1) is 0 Å². The average Bonchev–Trinajstić information content (AvgIpc) is 2.61. The van der Waals surface area contributed by atoms with Gasteiger partial charge < -0.3 is 4.42 Å². The molecule has 0 aliphatic heterocycles. The van der Waals surface area contributed by atoms with Crippen LogP contribution in [0.3, 0.4) is 0 Å². The summed E-state index contributed by atoms with van der Waals surface area (Å²) in [5.41, 5.74) is 0.771. The molecule has 0 fully saturated rings. The van der Waals surface area contributed by atoms with Gasteiger partial charge in [-0.25, -0.2) is 15.0 Å². The van der Waals surface area contributed by atoms with Gasteiger partial charge >= 0.3 is 0 Å². The number of oxazole rings is 1. The quantitative estimate of drug-likeness (QED) is 0.781. The van der Waals surface area contributed by atoms with Crippen molar-refractivity contribution in [2.24, 2.45) is 0 Å². The van der Waals surface area contributed by atoms with Crippen LogP contribution in [0.2, 0.25) is 0 Å². The molecule has 4 nitrogen and oxygen atoms in total. The van der Waals surface area contributed by atoms with Crippen molar-refractivity contribution in [3.8, 4) is 0 Å². The van der Waals surface area contributed by atoms with Crippen LogP contribution in [0, 0.1) is 6.92 Å². The summed E-state index contributed by atoms with van der Waals surface area (Å²) >= 11 is 4.80. The number of hydrogen-bond donors (Lipinski definition) is 0. The second kappa shape index (κ2) is 5.01. The second-order valence-electron chi connectivity index (χ2n) is 4.96. The Morgan fingerprint density at radius 2 is 1.94 bits per heavy atom. The molecule has 2 heterocycles. The monoisotopic (exact) mass is 327 g/mol. The molecule has 0 aliphatic carbocycles. The van der Waals surface area contributed by atoms with Crippen molar-refractivity contribution < 1.29 is 4.42 Å². The van der Waals surface area contributed by atoms with E-state index in [0.717, 1.165) is 21.1 Å². The molecule has 18 heavy (non-hydrogen) atoms. The first-order valence-electron chi connectivity index (χ1n) is 5.49. The highest BCUT2D eigenvalue weighted by Gasteiger charge is 2.19. The van der Waals surface area contributed by atoms with Crippen molar-refractivity contribution in [3.05, 3.63) is 28.5 Å². The summed E-state index contributed by atoms with van der Waals surface area (Å²) in [6.45, 7) is 8.14. The molecule has 0 aliphatic rings. The van der Waals surface area contributed by atoms with Gasteiger partial charge in [0.15, 0.2) is 0 Å². The molecule has 6 heteroatoms. The molecule has 2 aromatic rings. The van der Waals surface area contributed by atoms with Gasteiger partial charge in [0, 0.05) is 11.5 Å². The molecule has 96 valence electrons. The maximum Gasteiger partial charge on any atom is 0.262 e. The Labute approximate surface area is 119 Å². The van der Waals surface area contributed by atoms with Crippen LogP contribution in [0.1, 0.15) is 32.3 Å². The van der Waals surface area contributed by atoms with Crippen LogP contribution in [0.5, 0.6) is 0 Å². The minimum Gasteiger partial charge on any atom is -0.439 e. The molecule has 0 atom stereocenters. The SMILES string of the molecule is Cc1coc(Sc2cc(Br)nc(C(C)(C)C)n2)n1. The van der Waals surface area contributed by atoms with E-state index in [9.17, 15) is 0 Å². The van der Waals surface area contributed by atoms with Gasteiger partial charge in [0.05, 0.1) is 5.69 Å². The lowest BCUT2D eigenvalue weighted by Crippen LogP contribution is -2.16. The molecule has 0 N–H and O–H groups in total. The Balaban J connectivity index is 2.31. The summed E-state index contributed by atoms with van der Waals surface area (Å²) in [4.78, 5) is 13.2. The van der Waals surface area contributed by atoms with Gasteiger partial charge in [0.25, 0.3) is 5.22 Å². The molecule has 0 unspecified atom stereocenters. The van der Waals surface area contributed by atoms with Gasteiger partial charge in [-0.05, 0) is 34.6 Å². The normalized spacial score (nSPS) is 11.8. The van der Waals surface area contributed by atoms with E-state index in [1.165, 1.54) is 11.8 Å². The second-order valence-corrected chi connectivity index (χ2v) is 6.74. The van der Waals surface area contributed by atoms with Crippen LogP contribution < -0.4 is 0 Å². The lowest BCUT2D eigenvalue weighted by molar-refractivity contribution is 0.453. The third-order valence-corrected chi connectivity index (χ3v) is 3.32. The van der Waals surface area contributed by atoms with E-state index >= 15 is 0 Å². The highest BCUT2D eigenvalue weighted by Crippen LogP contribution is 2.29. The number of aromatic nitrogens is 3. The fourth-order valence-electron chi connectivity index (χ4n) is 1.25. The Bertz CT molecular complexity index is 563. The maximum absolute atomic E-state index is 5.31. The molecule has 0 spiro atoms. The first-order chi connectivity index (χ1) is 8.34.